The van der Waals surface area contributed by atoms with E-state index in [-0.39, 0.29) is 17.1 Å². The van der Waals surface area contributed by atoms with Crippen LogP contribution in [0, 0.1) is 12.7 Å². The minimum absolute atomic E-state index is 0.0181. The van der Waals surface area contributed by atoms with Crippen molar-refractivity contribution in [1.82, 2.24) is 24.8 Å². The quantitative estimate of drug-likeness (QED) is 0.412. The third-order valence-corrected chi connectivity index (χ3v) is 7.61. The zero-order valence-electron chi connectivity index (χ0n) is 19.9. The van der Waals surface area contributed by atoms with E-state index in [1.54, 1.807) is 12.1 Å². The number of amides is 1. The highest BCUT2D eigenvalue weighted by Crippen LogP contribution is 2.51. The number of carbonyl (C=O) groups excluding carboxylic acids is 1. The third-order valence-electron chi connectivity index (χ3n) is 7.61. The number of hydrogen-bond acceptors (Lipinski definition) is 5. The van der Waals surface area contributed by atoms with Gasteiger partial charge in [-0.2, -0.15) is 0 Å². The minimum atomic E-state index is -0.533. The molecule has 2 fully saturated rings. The Morgan fingerprint density at radius 1 is 1.14 bits per heavy atom. The molecule has 180 valence electrons. The van der Waals surface area contributed by atoms with E-state index < -0.39 is 5.82 Å². The van der Waals surface area contributed by atoms with Gasteiger partial charge < -0.3 is 15.2 Å². The monoisotopic (exact) mass is 480 g/mol. The topological polar surface area (TPSA) is 84.7 Å². The first kappa shape index (κ1) is 21.2. The number of nitrogens with one attached hydrogen (secondary N) is 2. The van der Waals surface area contributed by atoms with Crippen molar-refractivity contribution < 1.29 is 9.18 Å². The number of imidazole rings is 1. The van der Waals surface area contributed by atoms with Crippen LogP contribution in [0.3, 0.4) is 0 Å². The molecule has 36 heavy (non-hydrogen) atoms. The van der Waals surface area contributed by atoms with Crippen LogP contribution in [0.25, 0.3) is 17.1 Å². The van der Waals surface area contributed by atoms with Gasteiger partial charge in [0.15, 0.2) is 17.5 Å². The molecule has 2 saturated carbocycles. The number of aryl methyl sites for hydroxylation is 1. The second-order valence-electron chi connectivity index (χ2n) is 10.2. The lowest BCUT2D eigenvalue weighted by atomic mass is 9.87. The van der Waals surface area contributed by atoms with Gasteiger partial charge in [-0.3, -0.25) is 4.79 Å². The second-order valence-corrected chi connectivity index (χ2v) is 10.2. The van der Waals surface area contributed by atoms with Crippen molar-refractivity contribution in [3.05, 3.63) is 83.3 Å². The molecule has 7 rings (SSSR count). The van der Waals surface area contributed by atoms with Crippen molar-refractivity contribution in [2.24, 2.45) is 0 Å². The molecule has 2 aromatic heterocycles. The first-order chi connectivity index (χ1) is 17.5. The summed E-state index contributed by atoms with van der Waals surface area (Å²) in [4.78, 5) is 25.6. The molecule has 0 bridgehead atoms. The molecule has 0 radical (unpaired) electrons. The van der Waals surface area contributed by atoms with E-state index in [1.165, 1.54) is 19.0 Å². The Bertz CT molecular complexity index is 1540. The van der Waals surface area contributed by atoms with Crippen molar-refractivity contribution in [3.8, 4) is 17.1 Å². The lowest BCUT2D eigenvalue weighted by molar-refractivity contribution is 0.0937. The summed E-state index contributed by atoms with van der Waals surface area (Å²) < 4.78 is 16.8. The summed E-state index contributed by atoms with van der Waals surface area (Å²) in [7, 11) is 0. The Kier molecular flexibility index (Phi) is 4.55. The molecule has 2 N–H and O–H groups in total. The average molecular weight is 481 g/mol. The molecule has 2 aliphatic carbocycles. The highest BCUT2D eigenvalue weighted by atomic mass is 19.1. The molecule has 7 nitrogen and oxygen atoms in total. The van der Waals surface area contributed by atoms with E-state index >= 15 is 0 Å². The Morgan fingerprint density at radius 2 is 2.00 bits per heavy atom. The molecule has 0 unspecified atom stereocenters. The summed E-state index contributed by atoms with van der Waals surface area (Å²) in [5, 5.41) is 6.09. The molecule has 1 spiro atoms. The van der Waals surface area contributed by atoms with Crippen molar-refractivity contribution in [2.45, 2.75) is 43.9 Å². The average Bonchev–Trinajstić information content (AvgIpc) is 3.82. The van der Waals surface area contributed by atoms with Crippen LogP contribution < -0.4 is 10.6 Å². The SMILES string of the molecule is Cc1cc(-c2ncc(F)c(Nc3ccc4c(c3)C3(CC3)CNC4=O)n2)ccc1-n1cnc(C2CC2)c1. The second kappa shape index (κ2) is 7.71. The zero-order chi connectivity index (χ0) is 24.4. The van der Waals surface area contributed by atoms with E-state index in [9.17, 15) is 9.18 Å². The van der Waals surface area contributed by atoms with Crippen LogP contribution in [0.2, 0.25) is 0 Å². The lowest BCUT2D eigenvalue weighted by Gasteiger charge is -2.26. The Balaban J connectivity index is 1.18. The molecule has 0 atom stereocenters. The van der Waals surface area contributed by atoms with E-state index in [0.29, 0.717) is 29.5 Å². The number of anilines is 2. The van der Waals surface area contributed by atoms with Gasteiger partial charge in [-0.1, -0.05) is 0 Å². The number of benzene rings is 2. The Morgan fingerprint density at radius 3 is 2.78 bits per heavy atom. The van der Waals surface area contributed by atoms with Gasteiger partial charge in [0, 0.05) is 46.6 Å². The zero-order valence-corrected chi connectivity index (χ0v) is 19.9. The van der Waals surface area contributed by atoms with Crippen LogP contribution in [0.5, 0.6) is 0 Å². The molecular weight excluding hydrogens is 455 g/mol. The van der Waals surface area contributed by atoms with Crippen molar-refractivity contribution in [3.63, 3.8) is 0 Å². The van der Waals surface area contributed by atoms with E-state index in [2.05, 4.69) is 31.8 Å². The molecule has 4 aromatic rings. The van der Waals surface area contributed by atoms with E-state index in [0.717, 1.165) is 40.9 Å². The molecule has 8 heteroatoms. The maximum absolute atomic E-state index is 14.7. The van der Waals surface area contributed by atoms with Crippen LogP contribution in [-0.4, -0.2) is 32.0 Å². The predicted octanol–water partition coefficient (Wildman–Crippen LogP) is 5.17. The number of aromatic nitrogens is 4. The summed E-state index contributed by atoms with van der Waals surface area (Å²) in [6.45, 7) is 2.69. The smallest absolute Gasteiger partial charge is 0.251 e. The summed E-state index contributed by atoms with van der Waals surface area (Å²) in [6.07, 6.45) is 9.69. The number of fused-ring (bicyclic) bond motifs is 2. The van der Waals surface area contributed by atoms with E-state index in [1.807, 2.05) is 42.1 Å². The minimum Gasteiger partial charge on any atom is -0.351 e. The molecule has 3 heterocycles. The summed E-state index contributed by atoms with van der Waals surface area (Å²) in [5.74, 6) is 0.563. The fraction of sp³-hybridized carbons (Fsp3) is 0.286. The molecule has 1 aliphatic heterocycles. The van der Waals surface area contributed by atoms with Crippen LogP contribution in [0.1, 0.15) is 58.8 Å². The van der Waals surface area contributed by atoms with Gasteiger partial charge in [0.2, 0.25) is 0 Å². The number of halogens is 1. The van der Waals surface area contributed by atoms with Crippen molar-refractivity contribution in [1.29, 1.82) is 0 Å². The summed E-state index contributed by atoms with van der Waals surface area (Å²) in [6, 6.07) is 11.5. The van der Waals surface area contributed by atoms with Gasteiger partial charge >= 0.3 is 0 Å². The van der Waals surface area contributed by atoms with Crippen molar-refractivity contribution in [2.75, 3.05) is 11.9 Å². The standard InChI is InChI=1S/C28H25FN6O/c1-16-10-18(4-7-24(16)35-13-23(32-15-35)17-2-3-17)25-30-12-22(29)26(34-25)33-19-5-6-20-21(11-19)28(8-9-28)14-31-27(20)36/h4-7,10-13,15,17H,2-3,8-9,14H2,1H3,(H,31,36)(H,30,33,34). The molecule has 3 aliphatic rings. The first-order valence-corrected chi connectivity index (χ1v) is 12.4. The Hall–Kier alpha value is -4.07. The van der Waals surface area contributed by atoms with Crippen LogP contribution in [-0.2, 0) is 5.41 Å². The summed E-state index contributed by atoms with van der Waals surface area (Å²) >= 11 is 0. The maximum atomic E-state index is 14.7. The van der Waals surface area contributed by atoms with Gasteiger partial charge in [-0.05, 0) is 80.1 Å². The summed E-state index contributed by atoms with van der Waals surface area (Å²) in [5.41, 5.74) is 6.50. The largest absolute Gasteiger partial charge is 0.351 e. The normalized spacial score (nSPS) is 17.6. The molecule has 1 amide bonds. The van der Waals surface area contributed by atoms with E-state index in [4.69, 9.17) is 0 Å². The fourth-order valence-corrected chi connectivity index (χ4v) is 5.17. The molecular formula is C28H25FN6O. The highest BCUT2D eigenvalue weighted by molar-refractivity contribution is 5.98. The number of hydrogen-bond donors (Lipinski definition) is 2. The van der Waals surface area contributed by atoms with Gasteiger partial charge in [0.05, 0.1) is 18.2 Å². The fourth-order valence-electron chi connectivity index (χ4n) is 5.17. The first-order valence-electron chi connectivity index (χ1n) is 12.4. The third kappa shape index (κ3) is 3.56. The van der Waals surface area contributed by atoms with Crippen LogP contribution >= 0.6 is 0 Å². The van der Waals surface area contributed by atoms with Crippen molar-refractivity contribution >= 4 is 17.4 Å². The molecule has 0 saturated heterocycles. The predicted molar refractivity (Wildman–Crippen MR) is 134 cm³/mol. The van der Waals surface area contributed by atoms with Gasteiger partial charge in [0.25, 0.3) is 5.91 Å². The van der Waals surface area contributed by atoms with Gasteiger partial charge in [0.1, 0.15) is 0 Å². The Labute approximate surface area is 207 Å². The molecule has 2 aromatic carbocycles. The number of rotatable bonds is 5. The lowest BCUT2D eigenvalue weighted by Crippen LogP contribution is -2.39. The van der Waals surface area contributed by atoms with Gasteiger partial charge in [-0.25, -0.2) is 19.3 Å². The number of carbonyl (C=O) groups is 1. The highest BCUT2D eigenvalue weighted by Gasteiger charge is 2.48. The number of nitrogens with zero attached hydrogens (tertiary/aromatic N) is 4. The van der Waals surface area contributed by atoms with Crippen LogP contribution in [0.4, 0.5) is 15.9 Å². The van der Waals surface area contributed by atoms with Crippen LogP contribution in [0.15, 0.2) is 55.1 Å². The maximum Gasteiger partial charge on any atom is 0.251 e. The van der Waals surface area contributed by atoms with Gasteiger partial charge in [-0.15, -0.1) is 0 Å².